The van der Waals surface area contributed by atoms with Crippen LogP contribution in [0, 0.1) is 12.7 Å². The number of allylic oxidation sites excluding steroid dienone is 4. The molecule has 0 aliphatic carbocycles. The summed E-state index contributed by atoms with van der Waals surface area (Å²) in [4.78, 5) is 0. The van der Waals surface area contributed by atoms with Crippen LogP contribution in [0.5, 0.6) is 0 Å². The molecule has 19 heavy (non-hydrogen) atoms. The van der Waals surface area contributed by atoms with Gasteiger partial charge in [0, 0.05) is 16.9 Å². The largest absolute Gasteiger partial charge is 0.355 e. The maximum atomic E-state index is 13.3. The van der Waals surface area contributed by atoms with Gasteiger partial charge in [0.25, 0.3) is 0 Å². The molecule has 0 aromatic heterocycles. The van der Waals surface area contributed by atoms with Crippen LogP contribution in [0.2, 0.25) is 0 Å². The molecule has 0 saturated carbocycles. The van der Waals surface area contributed by atoms with Gasteiger partial charge in [-0.25, -0.2) is 4.39 Å². The third-order valence-electron chi connectivity index (χ3n) is 2.57. The number of benzene rings is 1. The molecular formula is C17H24FN. The van der Waals surface area contributed by atoms with Crippen LogP contribution in [0.15, 0.2) is 54.3 Å². The number of anilines is 1. The highest BCUT2D eigenvalue weighted by molar-refractivity contribution is 5.57. The fraction of sp³-hybridized carbons (Fsp3) is 0.294. The molecule has 1 nitrogen and oxygen atoms in total. The first-order valence-electron chi connectivity index (χ1n) is 6.57. The molecule has 0 bridgehead atoms. The minimum absolute atomic E-state index is 0.210. The molecule has 0 fully saturated rings. The van der Waals surface area contributed by atoms with Crippen LogP contribution in [-0.4, -0.2) is 0 Å². The molecule has 0 radical (unpaired) electrons. The molecule has 0 spiro atoms. The summed E-state index contributed by atoms with van der Waals surface area (Å²) in [6.45, 7) is 13.6. The Morgan fingerprint density at radius 3 is 2.53 bits per heavy atom. The van der Waals surface area contributed by atoms with Gasteiger partial charge in [-0.3, -0.25) is 0 Å². The number of hydrogen-bond donors (Lipinski definition) is 1. The van der Waals surface area contributed by atoms with Crippen LogP contribution in [0.25, 0.3) is 0 Å². The van der Waals surface area contributed by atoms with Gasteiger partial charge in [0.15, 0.2) is 0 Å². The lowest BCUT2D eigenvalue weighted by Crippen LogP contribution is -2.01. The molecule has 0 unspecified atom stereocenters. The summed E-state index contributed by atoms with van der Waals surface area (Å²) >= 11 is 0. The molecule has 1 aromatic rings. The van der Waals surface area contributed by atoms with E-state index in [1.165, 1.54) is 6.07 Å². The van der Waals surface area contributed by atoms with E-state index in [2.05, 4.69) is 11.9 Å². The highest BCUT2D eigenvalue weighted by Crippen LogP contribution is 2.20. The van der Waals surface area contributed by atoms with Crippen molar-refractivity contribution in [3.05, 3.63) is 65.7 Å². The Kier molecular flexibility index (Phi) is 8.27. The highest BCUT2D eigenvalue weighted by atomic mass is 19.1. The zero-order valence-electron chi connectivity index (χ0n) is 12.5. The van der Waals surface area contributed by atoms with Crippen molar-refractivity contribution < 1.29 is 4.39 Å². The smallest absolute Gasteiger partial charge is 0.128 e. The van der Waals surface area contributed by atoms with Crippen LogP contribution >= 0.6 is 0 Å². The average molecular weight is 261 g/mol. The Morgan fingerprint density at radius 2 is 1.95 bits per heavy atom. The molecular weight excluding hydrogens is 237 g/mol. The number of hydrogen-bond acceptors (Lipinski definition) is 1. The molecule has 1 aromatic carbocycles. The third kappa shape index (κ3) is 5.56. The molecule has 0 aliphatic heterocycles. The van der Waals surface area contributed by atoms with E-state index in [4.69, 9.17) is 0 Å². The van der Waals surface area contributed by atoms with E-state index in [1.807, 2.05) is 52.0 Å². The highest BCUT2D eigenvalue weighted by Gasteiger charge is 2.04. The van der Waals surface area contributed by atoms with Gasteiger partial charge in [0.05, 0.1) is 0 Å². The molecule has 1 rings (SSSR count). The second-order valence-electron chi connectivity index (χ2n) is 3.89. The second-order valence-corrected chi connectivity index (χ2v) is 3.89. The predicted molar refractivity (Wildman–Crippen MR) is 83.8 cm³/mol. The Bertz CT molecular complexity index is 470. The second kappa shape index (κ2) is 9.15. The van der Waals surface area contributed by atoms with Crippen LogP contribution in [0.3, 0.4) is 0 Å². The lowest BCUT2D eigenvalue weighted by atomic mass is 10.1. The summed E-state index contributed by atoms with van der Waals surface area (Å²) in [6, 6.07) is 4.97. The van der Waals surface area contributed by atoms with Crippen molar-refractivity contribution >= 4 is 5.69 Å². The normalized spacial score (nSPS) is 10.9. The van der Waals surface area contributed by atoms with E-state index in [-0.39, 0.29) is 5.82 Å². The molecule has 0 atom stereocenters. The molecule has 0 saturated heterocycles. The fourth-order valence-corrected chi connectivity index (χ4v) is 1.35. The van der Waals surface area contributed by atoms with E-state index >= 15 is 0 Å². The third-order valence-corrected chi connectivity index (χ3v) is 2.57. The van der Waals surface area contributed by atoms with Gasteiger partial charge in [-0.05, 0) is 38.5 Å². The number of rotatable bonds is 4. The SMILES string of the molecule is C=C(Nc1cccc(F)c1C)/C(C)=C\C=C/C.CC. The lowest BCUT2D eigenvalue weighted by molar-refractivity contribution is 0.619. The summed E-state index contributed by atoms with van der Waals surface area (Å²) in [5.41, 5.74) is 3.15. The van der Waals surface area contributed by atoms with E-state index in [1.54, 1.807) is 13.0 Å². The first-order valence-corrected chi connectivity index (χ1v) is 6.57. The molecule has 0 amide bonds. The van der Waals surface area contributed by atoms with Crippen molar-refractivity contribution in [3.8, 4) is 0 Å². The van der Waals surface area contributed by atoms with Gasteiger partial charge in [0.1, 0.15) is 5.82 Å². The molecule has 1 N–H and O–H groups in total. The zero-order valence-corrected chi connectivity index (χ0v) is 12.5. The first-order chi connectivity index (χ1) is 9.06. The maximum Gasteiger partial charge on any atom is 0.128 e. The van der Waals surface area contributed by atoms with E-state index in [0.717, 1.165) is 17.0 Å². The van der Waals surface area contributed by atoms with Crippen molar-refractivity contribution in [3.63, 3.8) is 0 Å². The van der Waals surface area contributed by atoms with Crippen molar-refractivity contribution in [1.29, 1.82) is 0 Å². The Labute approximate surface area is 116 Å². The maximum absolute atomic E-state index is 13.3. The standard InChI is InChI=1S/C15H18FN.C2H6/c1-5-6-8-11(2)13(4)17-15-10-7-9-14(16)12(15)3;1-2/h5-10,17H,4H2,1-3H3;1-2H3/b6-5-,11-8-;. The minimum atomic E-state index is -0.210. The molecule has 0 aliphatic rings. The molecule has 2 heteroatoms. The quantitative estimate of drug-likeness (QED) is 0.695. The van der Waals surface area contributed by atoms with Crippen molar-refractivity contribution in [2.24, 2.45) is 0 Å². The van der Waals surface area contributed by atoms with E-state index < -0.39 is 0 Å². The lowest BCUT2D eigenvalue weighted by Gasteiger charge is -2.12. The van der Waals surface area contributed by atoms with Crippen LogP contribution < -0.4 is 5.32 Å². The fourth-order valence-electron chi connectivity index (χ4n) is 1.35. The zero-order chi connectivity index (χ0) is 14.8. The van der Waals surface area contributed by atoms with Gasteiger partial charge < -0.3 is 5.32 Å². The minimum Gasteiger partial charge on any atom is -0.355 e. The van der Waals surface area contributed by atoms with Gasteiger partial charge in [-0.2, -0.15) is 0 Å². The number of nitrogens with one attached hydrogen (secondary N) is 1. The summed E-state index contributed by atoms with van der Waals surface area (Å²) < 4.78 is 13.3. The Morgan fingerprint density at radius 1 is 1.32 bits per heavy atom. The first kappa shape index (κ1) is 17.2. The van der Waals surface area contributed by atoms with Crippen LogP contribution in [0.1, 0.15) is 33.3 Å². The van der Waals surface area contributed by atoms with Crippen molar-refractivity contribution in [2.75, 3.05) is 5.32 Å². The summed E-state index contributed by atoms with van der Waals surface area (Å²) in [6.07, 6.45) is 5.86. The Balaban J connectivity index is 0.00000154. The topological polar surface area (TPSA) is 12.0 Å². The Hall–Kier alpha value is -1.83. The molecule has 0 heterocycles. The summed E-state index contributed by atoms with van der Waals surface area (Å²) in [5.74, 6) is -0.210. The predicted octanol–water partition coefficient (Wildman–Crippen LogP) is 5.61. The number of halogens is 1. The van der Waals surface area contributed by atoms with Gasteiger partial charge >= 0.3 is 0 Å². The van der Waals surface area contributed by atoms with Crippen molar-refractivity contribution in [2.45, 2.75) is 34.6 Å². The van der Waals surface area contributed by atoms with Gasteiger partial charge in [0.2, 0.25) is 0 Å². The average Bonchev–Trinajstić information content (AvgIpc) is 2.43. The van der Waals surface area contributed by atoms with Gasteiger partial charge in [-0.15, -0.1) is 0 Å². The van der Waals surface area contributed by atoms with Crippen LogP contribution in [-0.2, 0) is 0 Å². The summed E-state index contributed by atoms with van der Waals surface area (Å²) in [7, 11) is 0. The monoisotopic (exact) mass is 261 g/mol. The van der Waals surface area contributed by atoms with Crippen LogP contribution in [0.4, 0.5) is 10.1 Å². The van der Waals surface area contributed by atoms with E-state index in [9.17, 15) is 4.39 Å². The van der Waals surface area contributed by atoms with E-state index in [0.29, 0.717) is 5.56 Å². The van der Waals surface area contributed by atoms with Crippen molar-refractivity contribution in [1.82, 2.24) is 0 Å². The summed E-state index contributed by atoms with van der Waals surface area (Å²) in [5, 5.41) is 3.12. The molecule has 104 valence electrons. The van der Waals surface area contributed by atoms with Gasteiger partial charge in [-0.1, -0.05) is 44.7 Å².